The Balaban J connectivity index is 1.61. The van der Waals surface area contributed by atoms with Gasteiger partial charge in [-0.3, -0.25) is 4.90 Å². The van der Waals surface area contributed by atoms with Gasteiger partial charge in [0.25, 0.3) is 0 Å². The van der Waals surface area contributed by atoms with E-state index >= 15 is 0 Å². The Labute approximate surface area is 135 Å². The van der Waals surface area contributed by atoms with Crippen LogP contribution in [0.1, 0.15) is 11.1 Å². The summed E-state index contributed by atoms with van der Waals surface area (Å²) >= 11 is 5.92. The number of hydrogen-bond acceptors (Lipinski definition) is 4. The molecule has 0 radical (unpaired) electrons. The maximum absolute atomic E-state index is 9.18. The third kappa shape index (κ3) is 3.38. The van der Waals surface area contributed by atoms with Gasteiger partial charge in [0.2, 0.25) is 0 Å². The highest BCUT2D eigenvalue weighted by Gasteiger charge is 2.20. The lowest BCUT2D eigenvalue weighted by Crippen LogP contribution is -2.46. The van der Waals surface area contributed by atoms with Gasteiger partial charge in [-0.25, -0.2) is 4.98 Å². The standard InChI is InChI=1S/C17H17ClN4/c18-16-5-3-14(4-6-16)13-21-8-10-22(11-9-21)17-15(12-19)2-1-7-20-17/h1-7H,8-11,13H2. The molecule has 5 heteroatoms. The van der Waals surface area contributed by atoms with E-state index in [2.05, 4.69) is 33.0 Å². The summed E-state index contributed by atoms with van der Waals surface area (Å²) in [7, 11) is 0. The number of piperazine rings is 1. The fraction of sp³-hybridized carbons (Fsp3) is 0.294. The van der Waals surface area contributed by atoms with E-state index in [-0.39, 0.29) is 0 Å². The lowest BCUT2D eigenvalue weighted by atomic mass is 10.2. The average Bonchev–Trinajstić information content (AvgIpc) is 2.58. The number of halogens is 1. The molecule has 0 N–H and O–H groups in total. The first-order valence-electron chi connectivity index (χ1n) is 7.33. The molecule has 0 amide bonds. The van der Waals surface area contributed by atoms with Crippen molar-refractivity contribution in [2.24, 2.45) is 0 Å². The van der Waals surface area contributed by atoms with E-state index < -0.39 is 0 Å². The molecule has 1 aliphatic heterocycles. The molecule has 4 nitrogen and oxygen atoms in total. The molecular weight excluding hydrogens is 296 g/mol. The lowest BCUT2D eigenvalue weighted by molar-refractivity contribution is 0.249. The molecular formula is C17H17ClN4. The second-order valence-electron chi connectivity index (χ2n) is 5.38. The van der Waals surface area contributed by atoms with E-state index in [9.17, 15) is 5.26 Å². The zero-order valence-corrected chi connectivity index (χ0v) is 13.0. The van der Waals surface area contributed by atoms with Crippen LogP contribution in [0.3, 0.4) is 0 Å². The Morgan fingerprint density at radius 3 is 2.50 bits per heavy atom. The largest absolute Gasteiger partial charge is 0.353 e. The molecule has 0 bridgehead atoms. The number of nitrogens with zero attached hydrogens (tertiary/aromatic N) is 4. The van der Waals surface area contributed by atoms with E-state index in [4.69, 9.17) is 11.6 Å². The van der Waals surface area contributed by atoms with E-state index in [1.165, 1.54) is 5.56 Å². The number of benzene rings is 1. The van der Waals surface area contributed by atoms with Crippen molar-refractivity contribution in [2.75, 3.05) is 31.1 Å². The summed E-state index contributed by atoms with van der Waals surface area (Å²) in [4.78, 5) is 8.96. The number of rotatable bonds is 3. The number of aromatic nitrogens is 1. The van der Waals surface area contributed by atoms with Gasteiger partial charge < -0.3 is 4.90 Å². The van der Waals surface area contributed by atoms with Crippen LogP contribution in [-0.4, -0.2) is 36.1 Å². The molecule has 0 unspecified atom stereocenters. The smallest absolute Gasteiger partial charge is 0.146 e. The number of pyridine rings is 1. The van der Waals surface area contributed by atoms with Crippen molar-refractivity contribution in [3.05, 3.63) is 58.7 Å². The second kappa shape index (κ2) is 6.78. The lowest BCUT2D eigenvalue weighted by Gasteiger charge is -2.35. The van der Waals surface area contributed by atoms with Crippen LogP contribution in [0.5, 0.6) is 0 Å². The molecule has 22 heavy (non-hydrogen) atoms. The quantitative estimate of drug-likeness (QED) is 0.874. The molecule has 0 spiro atoms. The normalized spacial score (nSPS) is 15.5. The third-order valence-corrected chi connectivity index (χ3v) is 4.15. The fourth-order valence-corrected chi connectivity index (χ4v) is 2.83. The van der Waals surface area contributed by atoms with Crippen LogP contribution in [0.15, 0.2) is 42.6 Å². The van der Waals surface area contributed by atoms with Crippen molar-refractivity contribution >= 4 is 17.4 Å². The number of anilines is 1. The van der Waals surface area contributed by atoms with Crippen molar-refractivity contribution in [2.45, 2.75) is 6.54 Å². The molecule has 0 aliphatic carbocycles. The van der Waals surface area contributed by atoms with Crippen molar-refractivity contribution in [1.29, 1.82) is 5.26 Å². The minimum atomic E-state index is 0.647. The molecule has 1 saturated heterocycles. The minimum absolute atomic E-state index is 0.647. The van der Waals surface area contributed by atoms with Crippen molar-refractivity contribution in [3.8, 4) is 6.07 Å². The Bertz CT molecular complexity index is 670. The summed E-state index contributed by atoms with van der Waals surface area (Å²) in [6, 6.07) is 13.8. The predicted molar refractivity (Wildman–Crippen MR) is 87.9 cm³/mol. The van der Waals surface area contributed by atoms with Crippen molar-refractivity contribution < 1.29 is 0 Å². The van der Waals surface area contributed by atoms with Crippen LogP contribution in [0.4, 0.5) is 5.82 Å². The summed E-state index contributed by atoms with van der Waals surface area (Å²) in [5.41, 5.74) is 1.92. The summed E-state index contributed by atoms with van der Waals surface area (Å²) < 4.78 is 0. The second-order valence-corrected chi connectivity index (χ2v) is 5.81. The van der Waals surface area contributed by atoms with Crippen LogP contribution in [0, 0.1) is 11.3 Å². The topological polar surface area (TPSA) is 43.2 Å². The van der Waals surface area contributed by atoms with Gasteiger partial charge in [0.05, 0.1) is 5.56 Å². The number of nitriles is 1. The molecule has 2 aromatic rings. The zero-order valence-electron chi connectivity index (χ0n) is 12.2. The highest BCUT2D eigenvalue weighted by atomic mass is 35.5. The first-order chi connectivity index (χ1) is 10.8. The average molecular weight is 313 g/mol. The van der Waals surface area contributed by atoms with Crippen LogP contribution in [0.2, 0.25) is 5.02 Å². The van der Waals surface area contributed by atoms with E-state index in [1.807, 2.05) is 18.2 Å². The predicted octanol–water partition coefficient (Wildman–Crippen LogP) is 2.93. The highest BCUT2D eigenvalue weighted by molar-refractivity contribution is 6.30. The summed E-state index contributed by atoms with van der Waals surface area (Å²) in [5, 5.41) is 9.95. The summed E-state index contributed by atoms with van der Waals surface area (Å²) in [6.45, 7) is 4.63. The van der Waals surface area contributed by atoms with Gasteiger partial charge in [0, 0.05) is 43.9 Å². The first kappa shape index (κ1) is 14.8. The van der Waals surface area contributed by atoms with Gasteiger partial charge in [-0.1, -0.05) is 23.7 Å². The van der Waals surface area contributed by atoms with Crippen molar-refractivity contribution in [3.63, 3.8) is 0 Å². The minimum Gasteiger partial charge on any atom is -0.353 e. The Morgan fingerprint density at radius 2 is 1.82 bits per heavy atom. The Morgan fingerprint density at radius 1 is 1.09 bits per heavy atom. The number of hydrogen-bond donors (Lipinski definition) is 0. The molecule has 0 saturated carbocycles. The van der Waals surface area contributed by atoms with Gasteiger partial charge in [-0.2, -0.15) is 5.26 Å². The molecule has 1 fully saturated rings. The van der Waals surface area contributed by atoms with Crippen molar-refractivity contribution in [1.82, 2.24) is 9.88 Å². The van der Waals surface area contributed by atoms with E-state index in [1.54, 1.807) is 12.3 Å². The van der Waals surface area contributed by atoms with Gasteiger partial charge >= 0.3 is 0 Å². The monoisotopic (exact) mass is 312 g/mol. The molecule has 112 valence electrons. The zero-order chi connectivity index (χ0) is 15.4. The summed E-state index contributed by atoms with van der Waals surface area (Å²) in [6.07, 6.45) is 1.75. The van der Waals surface area contributed by atoms with Crippen LogP contribution in [0.25, 0.3) is 0 Å². The highest BCUT2D eigenvalue weighted by Crippen LogP contribution is 2.19. The fourth-order valence-electron chi connectivity index (χ4n) is 2.70. The maximum atomic E-state index is 9.18. The molecule has 1 aromatic heterocycles. The SMILES string of the molecule is N#Cc1cccnc1N1CCN(Cc2ccc(Cl)cc2)CC1. The maximum Gasteiger partial charge on any atom is 0.146 e. The van der Waals surface area contributed by atoms with Crippen LogP contribution < -0.4 is 4.90 Å². The Hall–Kier alpha value is -2.09. The van der Waals surface area contributed by atoms with Gasteiger partial charge in [0.15, 0.2) is 0 Å². The van der Waals surface area contributed by atoms with Gasteiger partial charge in [0.1, 0.15) is 11.9 Å². The Kier molecular flexibility index (Phi) is 4.57. The van der Waals surface area contributed by atoms with Crippen LogP contribution >= 0.6 is 11.6 Å². The molecule has 2 heterocycles. The first-order valence-corrected chi connectivity index (χ1v) is 7.71. The molecule has 3 rings (SSSR count). The van der Waals surface area contributed by atoms with Gasteiger partial charge in [-0.15, -0.1) is 0 Å². The molecule has 1 aromatic carbocycles. The molecule has 1 aliphatic rings. The van der Waals surface area contributed by atoms with E-state index in [0.717, 1.165) is 43.6 Å². The molecule has 0 atom stereocenters. The van der Waals surface area contributed by atoms with Crippen LogP contribution in [-0.2, 0) is 6.54 Å². The summed E-state index contributed by atoms with van der Waals surface area (Å²) in [5.74, 6) is 0.802. The van der Waals surface area contributed by atoms with Gasteiger partial charge in [-0.05, 0) is 29.8 Å². The third-order valence-electron chi connectivity index (χ3n) is 3.90. The van der Waals surface area contributed by atoms with E-state index in [0.29, 0.717) is 5.56 Å².